The van der Waals surface area contributed by atoms with Crippen LogP contribution < -0.4 is 0 Å². The number of rotatable bonds is 5. The van der Waals surface area contributed by atoms with Gasteiger partial charge < -0.3 is 14.4 Å². The first-order chi connectivity index (χ1) is 13.3. The van der Waals surface area contributed by atoms with Gasteiger partial charge in [0.25, 0.3) is 0 Å². The normalized spacial score (nSPS) is 23.1. The van der Waals surface area contributed by atoms with E-state index in [-0.39, 0.29) is 28.0 Å². The molecule has 1 heterocycles. The van der Waals surface area contributed by atoms with Gasteiger partial charge in [0.2, 0.25) is 0 Å². The smallest absolute Gasteiger partial charge is 0.407 e. The van der Waals surface area contributed by atoms with E-state index in [1.165, 1.54) is 11.8 Å². The maximum atomic E-state index is 11.7. The molecule has 162 valence electrons. The van der Waals surface area contributed by atoms with E-state index < -0.39 is 14.4 Å². The van der Waals surface area contributed by atoms with Crippen LogP contribution in [0, 0.1) is 5.92 Å². The molecule has 1 aliphatic heterocycles. The highest BCUT2D eigenvalue weighted by Crippen LogP contribution is 2.41. The number of likely N-dealkylation sites (tertiary alicyclic amines) is 1. The molecule has 5 nitrogen and oxygen atoms in total. The highest BCUT2D eigenvalue weighted by molar-refractivity contribution is 8.13. The van der Waals surface area contributed by atoms with Crippen molar-refractivity contribution >= 4 is 31.3 Å². The van der Waals surface area contributed by atoms with Gasteiger partial charge in [0, 0.05) is 36.9 Å². The van der Waals surface area contributed by atoms with E-state index in [1.807, 2.05) is 19.1 Å². The van der Waals surface area contributed by atoms with E-state index in [4.69, 9.17) is 4.43 Å². The highest BCUT2D eigenvalue weighted by Gasteiger charge is 2.42. The fourth-order valence-electron chi connectivity index (χ4n) is 3.70. The predicted octanol–water partition coefficient (Wildman–Crippen LogP) is 5.82. The number of thioether (sulfide) groups is 1. The number of piperidine rings is 1. The minimum absolute atomic E-state index is 0.0639. The molecule has 0 aliphatic carbocycles. The van der Waals surface area contributed by atoms with Gasteiger partial charge >= 0.3 is 6.09 Å². The lowest BCUT2D eigenvalue weighted by Crippen LogP contribution is -2.52. The van der Waals surface area contributed by atoms with Gasteiger partial charge in [0.1, 0.15) is 0 Å². The first-order valence-corrected chi connectivity index (χ1v) is 14.0. The van der Waals surface area contributed by atoms with Crippen molar-refractivity contribution in [3.05, 3.63) is 29.8 Å². The Kier molecular flexibility index (Phi) is 7.62. The number of nitrogens with zero attached hydrogens (tertiary/aromatic N) is 1. The second-order valence-corrected chi connectivity index (χ2v) is 15.6. The average Bonchev–Trinajstić information content (AvgIpc) is 2.58. The van der Waals surface area contributed by atoms with Crippen molar-refractivity contribution in [3.8, 4) is 0 Å². The number of hydrogen-bond acceptors (Lipinski definition) is 4. The molecular formula is C22H35NO4SSi. The zero-order chi connectivity index (χ0) is 22.0. The molecule has 1 aromatic carbocycles. The summed E-state index contributed by atoms with van der Waals surface area (Å²) in [6.07, 6.45) is -0.106. The summed E-state index contributed by atoms with van der Waals surface area (Å²) in [5.41, 5.74) is 1.16. The van der Waals surface area contributed by atoms with Crippen molar-refractivity contribution in [3.63, 3.8) is 0 Å². The fraction of sp³-hybridized carbons (Fsp3) is 0.636. The monoisotopic (exact) mass is 437 g/mol. The van der Waals surface area contributed by atoms with Crippen molar-refractivity contribution in [2.24, 2.45) is 5.92 Å². The van der Waals surface area contributed by atoms with Crippen LogP contribution in [0.2, 0.25) is 18.1 Å². The molecule has 2 rings (SSSR count). The number of carboxylic acid groups (broad SMARTS) is 1. The number of amides is 1. The quantitative estimate of drug-likeness (QED) is 0.464. The van der Waals surface area contributed by atoms with Crippen LogP contribution in [0.15, 0.2) is 29.2 Å². The molecule has 1 N–H and O–H groups in total. The van der Waals surface area contributed by atoms with Crippen molar-refractivity contribution in [2.45, 2.75) is 76.0 Å². The van der Waals surface area contributed by atoms with Gasteiger partial charge in [0.15, 0.2) is 13.4 Å². The largest absolute Gasteiger partial charge is 0.465 e. The highest BCUT2D eigenvalue weighted by atomic mass is 32.2. The Balaban J connectivity index is 2.31. The summed E-state index contributed by atoms with van der Waals surface area (Å²) in [5, 5.41) is 9.80. The van der Waals surface area contributed by atoms with E-state index in [2.05, 4.69) is 46.0 Å². The van der Waals surface area contributed by atoms with E-state index >= 15 is 0 Å². The molecule has 1 aliphatic rings. The van der Waals surface area contributed by atoms with Gasteiger partial charge in [-0.05, 0) is 55.1 Å². The topological polar surface area (TPSA) is 66.8 Å². The van der Waals surface area contributed by atoms with Crippen LogP contribution in [0.5, 0.6) is 0 Å². The zero-order valence-electron chi connectivity index (χ0n) is 18.7. The molecule has 7 heteroatoms. The standard InChI is InChI=1S/C22H35NO4SSi/c1-15-20(14-27-29(6,7)22(3,4)5)19(11-12-23(15)21(25)26)17-9-8-10-18(13-17)28-16(2)24/h8-10,13,15,19-20H,11-12,14H2,1-7H3,(H,25,26). The Hall–Kier alpha value is -1.31. The first-order valence-electron chi connectivity index (χ1n) is 10.3. The Labute approximate surface area is 180 Å². The summed E-state index contributed by atoms with van der Waals surface area (Å²) in [6, 6.07) is 7.99. The molecule has 0 bridgehead atoms. The number of carbonyl (C=O) groups excluding carboxylic acids is 1. The van der Waals surface area contributed by atoms with Gasteiger partial charge in [-0.25, -0.2) is 4.79 Å². The van der Waals surface area contributed by atoms with Crippen LogP contribution in [0.1, 0.15) is 52.5 Å². The molecule has 0 aromatic heterocycles. The number of hydrogen-bond donors (Lipinski definition) is 1. The molecule has 0 spiro atoms. The number of benzene rings is 1. The maximum Gasteiger partial charge on any atom is 0.407 e. The SMILES string of the molecule is CC(=O)Sc1cccc(C2CCN(C(=O)O)C(C)C2CO[Si](C)(C)C(C)(C)C)c1. The van der Waals surface area contributed by atoms with Gasteiger partial charge in [-0.2, -0.15) is 0 Å². The zero-order valence-corrected chi connectivity index (χ0v) is 20.5. The molecule has 1 fully saturated rings. The van der Waals surface area contributed by atoms with E-state index in [1.54, 1.807) is 11.8 Å². The molecule has 0 saturated carbocycles. The summed E-state index contributed by atoms with van der Waals surface area (Å²) in [5.74, 6) is 0.282. The average molecular weight is 438 g/mol. The van der Waals surface area contributed by atoms with Crippen molar-refractivity contribution in [1.29, 1.82) is 0 Å². The van der Waals surface area contributed by atoms with Gasteiger partial charge in [-0.1, -0.05) is 44.7 Å². The van der Waals surface area contributed by atoms with Gasteiger partial charge in [0.05, 0.1) is 0 Å². The molecule has 1 saturated heterocycles. The van der Waals surface area contributed by atoms with Crippen molar-refractivity contribution < 1.29 is 19.1 Å². The predicted molar refractivity (Wildman–Crippen MR) is 121 cm³/mol. The third-order valence-corrected chi connectivity index (χ3v) is 11.8. The van der Waals surface area contributed by atoms with Crippen LogP contribution in [0.25, 0.3) is 0 Å². The van der Waals surface area contributed by atoms with Crippen molar-refractivity contribution in [1.82, 2.24) is 4.90 Å². The summed E-state index contributed by atoms with van der Waals surface area (Å²) in [7, 11) is -1.95. The van der Waals surface area contributed by atoms with Crippen molar-refractivity contribution in [2.75, 3.05) is 13.2 Å². The maximum absolute atomic E-state index is 11.7. The molecule has 1 amide bonds. The lowest BCUT2D eigenvalue weighted by molar-refractivity contribution is -0.109. The van der Waals surface area contributed by atoms with Gasteiger partial charge in [-0.3, -0.25) is 4.79 Å². The lowest BCUT2D eigenvalue weighted by atomic mass is 9.77. The van der Waals surface area contributed by atoms with Crippen LogP contribution in [0.3, 0.4) is 0 Å². The molecule has 29 heavy (non-hydrogen) atoms. The summed E-state index contributed by atoms with van der Waals surface area (Å²) >= 11 is 1.24. The minimum Gasteiger partial charge on any atom is -0.465 e. The Morgan fingerprint density at radius 3 is 2.52 bits per heavy atom. The molecule has 1 aromatic rings. The second kappa shape index (κ2) is 9.23. The fourth-order valence-corrected chi connectivity index (χ4v) is 5.41. The van der Waals surface area contributed by atoms with Crippen LogP contribution in [-0.2, 0) is 9.22 Å². The third-order valence-electron chi connectivity index (χ3n) is 6.55. The van der Waals surface area contributed by atoms with Crippen LogP contribution in [-0.4, -0.2) is 48.7 Å². The summed E-state index contributed by atoms with van der Waals surface area (Å²) in [4.78, 5) is 25.7. The molecular weight excluding hydrogens is 402 g/mol. The van der Waals surface area contributed by atoms with E-state index in [0.717, 1.165) is 16.9 Å². The molecule has 3 atom stereocenters. The Bertz CT molecular complexity index is 747. The summed E-state index contributed by atoms with van der Waals surface area (Å²) < 4.78 is 6.54. The minimum atomic E-state index is -1.95. The first kappa shape index (κ1) is 24.0. The van der Waals surface area contributed by atoms with Crippen LogP contribution >= 0.6 is 11.8 Å². The van der Waals surface area contributed by atoms with Gasteiger partial charge in [-0.15, -0.1) is 0 Å². The second-order valence-electron chi connectivity index (χ2n) is 9.51. The Morgan fingerprint density at radius 2 is 1.97 bits per heavy atom. The third kappa shape index (κ3) is 5.86. The number of carbonyl (C=O) groups is 2. The Morgan fingerprint density at radius 1 is 1.31 bits per heavy atom. The molecule has 0 radical (unpaired) electrons. The van der Waals surface area contributed by atoms with E-state index in [0.29, 0.717) is 13.2 Å². The van der Waals surface area contributed by atoms with Crippen LogP contribution in [0.4, 0.5) is 4.79 Å². The molecule has 3 unspecified atom stereocenters. The summed E-state index contributed by atoms with van der Waals surface area (Å²) in [6.45, 7) is 15.7. The van der Waals surface area contributed by atoms with E-state index in [9.17, 15) is 14.7 Å². The lowest BCUT2D eigenvalue weighted by Gasteiger charge is -2.45.